The van der Waals surface area contributed by atoms with Crippen LogP contribution in [0.4, 0.5) is 0 Å². The van der Waals surface area contributed by atoms with Gasteiger partial charge in [-0.2, -0.15) is 4.79 Å². The van der Waals surface area contributed by atoms with E-state index in [1.807, 2.05) is 13.8 Å². The smallest absolute Gasteiger partial charge is 0.320 e. The van der Waals surface area contributed by atoms with Gasteiger partial charge in [-0.15, -0.1) is 0 Å². The molecule has 0 aromatic heterocycles. The van der Waals surface area contributed by atoms with Gasteiger partial charge < -0.3 is 17.0 Å². The van der Waals surface area contributed by atoms with Crippen LogP contribution >= 0.6 is 0 Å². The van der Waals surface area contributed by atoms with Crippen molar-refractivity contribution >= 4 is 5.71 Å². The van der Waals surface area contributed by atoms with E-state index in [9.17, 15) is 0 Å². The van der Waals surface area contributed by atoms with Gasteiger partial charge in [0, 0.05) is 5.70 Å². The van der Waals surface area contributed by atoms with Gasteiger partial charge in [0.05, 0.1) is 6.42 Å². The molecule has 0 radical (unpaired) electrons. The number of rotatable bonds is 2. The molecule has 0 spiro atoms. The Morgan fingerprint density at radius 2 is 1.79 bits per heavy atom. The van der Waals surface area contributed by atoms with Crippen LogP contribution in [0.2, 0.25) is 0 Å². The van der Waals surface area contributed by atoms with E-state index in [0.29, 0.717) is 17.8 Å². The molecule has 0 aliphatic heterocycles. The minimum Gasteiger partial charge on any atom is -0.401 e. The SMILES string of the molecule is CCC1=C(N)CC(=[N+]=[N-])C(N)=C1CC. The number of hydrogen-bond acceptors (Lipinski definition) is 2. The summed E-state index contributed by atoms with van der Waals surface area (Å²) in [6, 6.07) is 0. The van der Waals surface area contributed by atoms with E-state index in [1.165, 1.54) is 0 Å². The van der Waals surface area contributed by atoms with Gasteiger partial charge in [-0.25, -0.2) is 0 Å². The number of allylic oxidation sites excluding steroid dienone is 4. The van der Waals surface area contributed by atoms with Gasteiger partial charge in [-0.3, -0.25) is 0 Å². The Labute approximate surface area is 83.9 Å². The Bertz CT molecular complexity index is 356. The highest BCUT2D eigenvalue weighted by Crippen LogP contribution is 2.27. The van der Waals surface area contributed by atoms with Crippen LogP contribution in [0.5, 0.6) is 0 Å². The van der Waals surface area contributed by atoms with Crippen LogP contribution in [-0.4, -0.2) is 10.5 Å². The summed E-state index contributed by atoms with van der Waals surface area (Å²) in [7, 11) is 0. The maximum Gasteiger partial charge on any atom is 0.320 e. The predicted octanol–water partition coefficient (Wildman–Crippen LogP) is 1.31. The minimum atomic E-state index is 0.453. The van der Waals surface area contributed by atoms with Crippen LogP contribution in [0.1, 0.15) is 33.1 Å². The molecule has 0 aromatic carbocycles. The molecule has 1 aliphatic carbocycles. The van der Waals surface area contributed by atoms with Crippen LogP contribution in [0, 0.1) is 0 Å². The molecule has 0 fully saturated rings. The lowest BCUT2D eigenvalue weighted by Crippen LogP contribution is -2.24. The normalized spacial score (nSPS) is 17.4. The lowest BCUT2D eigenvalue weighted by molar-refractivity contribution is -0.00696. The zero-order chi connectivity index (χ0) is 10.7. The summed E-state index contributed by atoms with van der Waals surface area (Å²) in [6.07, 6.45) is 2.14. The Kier molecular flexibility index (Phi) is 3.10. The molecule has 1 aliphatic rings. The average molecular weight is 192 g/mol. The van der Waals surface area contributed by atoms with E-state index >= 15 is 0 Å². The fourth-order valence-corrected chi connectivity index (χ4v) is 1.85. The average Bonchev–Trinajstić information content (AvgIpc) is 2.20. The van der Waals surface area contributed by atoms with Crippen molar-refractivity contribution in [1.29, 1.82) is 0 Å². The molecule has 4 nitrogen and oxygen atoms in total. The summed E-state index contributed by atoms with van der Waals surface area (Å²) in [5, 5.41) is 0. The van der Waals surface area contributed by atoms with Gasteiger partial charge in [0.2, 0.25) is 0 Å². The molecule has 0 aromatic rings. The molecule has 4 heteroatoms. The highest BCUT2D eigenvalue weighted by atomic mass is 14.9. The van der Waals surface area contributed by atoms with Crippen molar-refractivity contribution in [3.8, 4) is 0 Å². The molecular weight excluding hydrogens is 176 g/mol. The van der Waals surface area contributed by atoms with E-state index in [4.69, 9.17) is 17.0 Å². The Hall–Kier alpha value is -1.54. The lowest BCUT2D eigenvalue weighted by Gasteiger charge is -2.18. The summed E-state index contributed by atoms with van der Waals surface area (Å²) in [6.45, 7) is 4.07. The van der Waals surface area contributed by atoms with Crippen molar-refractivity contribution in [2.24, 2.45) is 11.5 Å². The second-order valence-corrected chi connectivity index (χ2v) is 3.33. The van der Waals surface area contributed by atoms with E-state index in [0.717, 1.165) is 29.7 Å². The monoisotopic (exact) mass is 192 g/mol. The topological polar surface area (TPSA) is 88.4 Å². The van der Waals surface area contributed by atoms with Crippen LogP contribution in [0.3, 0.4) is 0 Å². The molecule has 0 heterocycles. The van der Waals surface area contributed by atoms with E-state index in [1.54, 1.807) is 0 Å². The third-order valence-electron chi connectivity index (χ3n) is 2.57. The molecular formula is C10H16N4. The molecule has 4 N–H and O–H groups in total. The van der Waals surface area contributed by atoms with Gasteiger partial charge in [0.1, 0.15) is 5.70 Å². The van der Waals surface area contributed by atoms with E-state index in [2.05, 4.69) is 4.79 Å². The second kappa shape index (κ2) is 4.11. The maximum absolute atomic E-state index is 8.75. The van der Waals surface area contributed by atoms with Crippen molar-refractivity contribution in [3.05, 3.63) is 28.1 Å². The molecule has 1 rings (SSSR count). The van der Waals surface area contributed by atoms with Crippen molar-refractivity contribution in [1.82, 2.24) is 0 Å². The van der Waals surface area contributed by atoms with Crippen LogP contribution in [-0.2, 0) is 0 Å². The maximum atomic E-state index is 8.75. The Morgan fingerprint density at radius 3 is 2.21 bits per heavy atom. The quantitative estimate of drug-likeness (QED) is 0.510. The minimum absolute atomic E-state index is 0.453. The fraction of sp³-hybridized carbons (Fsp3) is 0.500. The molecule has 0 amide bonds. The third-order valence-corrected chi connectivity index (χ3v) is 2.57. The van der Waals surface area contributed by atoms with Crippen molar-refractivity contribution in [3.63, 3.8) is 0 Å². The second-order valence-electron chi connectivity index (χ2n) is 3.33. The summed E-state index contributed by atoms with van der Waals surface area (Å²) < 4.78 is 0. The molecule has 14 heavy (non-hydrogen) atoms. The molecule has 0 bridgehead atoms. The van der Waals surface area contributed by atoms with Gasteiger partial charge in [0.15, 0.2) is 0 Å². The van der Waals surface area contributed by atoms with Crippen LogP contribution in [0.25, 0.3) is 5.53 Å². The molecule has 0 saturated carbocycles. The number of nitrogens with zero attached hydrogens (tertiary/aromatic N) is 2. The molecule has 0 unspecified atom stereocenters. The predicted molar refractivity (Wildman–Crippen MR) is 56.3 cm³/mol. The van der Waals surface area contributed by atoms with Crippen molar-refractivity contribution in [2.45, 2.75) is 33.1 Å². The lowest BCUT2D eigenvalue weighted by atomic mass is 9.88. The highest BCUT2D eigenvalue weighted by molar-refractivity contribution is 5.99. The highest BCUT2D eigenvalue weighted by Gasteiger charge is 2.26. The van der Waals surface area contributed by atoms with E-state index in [-0.39, 0.29) is 0 Å². The van der Waals surface area contributed by atoms with Gasteiger partial charge in [0.25, 0.3) is 0 Å². The number of hydrogen-bond donors (Lipinski definition) is 2. The fourth-order valence-electron chi connectivity index (χ4n) is 1.85. The molecule has 0 saturated heterocycles. The molecule has 76 valence electrons. The first kappa shape index (κ1) is 10.5. The molecule has 0 atom stereocenters. The third kappa shape index (κ3) is 1.56. The first-order valence-corrected chi connectivity index (χ1v) is 4.83. The first-order chi connectivity index (χ1) is 6.65. The zero-order valence-electron chi connectivity index (χ0n) is 8.67. The Morgan fingerprint density at radius 1 is 1.21 bits per heavy atom. The van der Waals surface area contributed by atoms with Gasteiger partial charge >= 0.3 is 5.71 Å². The van der Waals surface area contributed by atoms with Crippen molar-refractivity contribution in [2.75, 3.05) is 0 Å². The summed E-state index contributed by atoms with van der Waals surface area (Å²) in [5.41, 5.74) is 24.5. The summed E-state index contributed by atoms with van der Waals surface area (Å²) >= 11 is 0. The van der Waals surface area contributed by atoms with Gasteiger partial charge in [-0.1, -0.05) is 13.8 Å². The largest absolute Gasteiger partial charge is 0.401 e. The number of nitrogens with two attached hydrogens (primary N) is 2. The first-order valence-electron chi connectivity index (χ1n) is 4.83. The van der Waals surface area contributed by atoms with E-state index < -0.39 is 0 Å². The van der Waals surface area contributed by atoms with Crippen molar-refractivity contribution < 1.29 is 4.79 Å². The standard InChI is InChI=1S/C10H16N4/c1-3-6-7(4-2)10(12)9(14-13)5-8(6)11/h3-5,11-12H2,1-2H3. The Balaban J connectivity index is 3.30. The van der Waals surface area contributed by atoms with Crippen LogP contribution in [0.15, 0.2) is 22.5 Å². The van der Waals surface area contributed by atoms with Gasteiger partial charge in [-0.05, 0) is 24.0 Å². The summed E-state index contributed by atoms with van der Waals surface area (Å²) in [4.78, 5) is 3.17. The van der Waals surface area contributed by atoms with Crippen LogP contribution < -0.4 is 11.5 Å². The zero-order valence-corrected chi connectivity index (χ0v) is 8.67. The summed E-state index contributed by atoms with van der Waals surface area (Å²) in [5.74, 6) is 0.